The molecule has 0 aromatic rings. The molecule has 3 N–H and O–H groups in total. The van der Waals surface area contributed by atoms with E-state index in [0.29, 0.717) is 13.0 Å². The van der Waals surface area contributed by atoms with Gasteiger partial charge in [-0.15, -0.1) is 12.4 Å². The van der Waals surface area contributed by atoms with Crippen LogP contribution in [0.25, 0.3) is 0 Å². The average Bonchev–Trinajstić information content (AvgIpc) is 2.29. The predicted molar refractivity (Wildman–Crippen MR) is 73.8 cm³/mol. The third-order valence-corrected chi connectivity index (χ3v) is 2.73. The highest BCUT2D eigenvalue weighted by Gasteiger charge is 2.19. The summed E-state index contributed by atoms with van der Waals surface area (Å²) in [7, 11) is 0. The van der Waals surface area contributed by atoms with Gasteiger partial charge in [0.05, 0.1) is 6.04 Å². The molecule has 0 saturated carbocycles. The minimum Gasteiger partial charge on any atom is -0.354 e. The monoisotopic (exact) mass is 277 g/mol. The quantitative estimate of drug-likeness (QED) is 0.689. The van der Waals surface area contributed by atoms with E-state index in [1.165, 1.54) is 0 Å². The molecule has 1 rings (SSSR count). The molecule has 18 heavy (non-hydrogen) atoms. The van der Waals surface area contributed by atoms with Crippen molar-refractivity contribution in [3.63, 3.8) is 0 Å². The normalized spacial score (nSPS) is 18.9. The lowest BCUT2D eigenvalue weighted by molar-refractivity contribution is -0.124. The molecule has 1 saturated heterocycles. The zero-order valence-corrected chi connectivity index (χ0v) is 11.9. The highest BCUT2D eigenvalue weighted by Crippen LogP contribution is 2.06. The molecule has 1 fully saturated rings. The third kappa shape index (κ3) is 6.81. The summed E-state index contributed by atoms with van der Waals surface area (Å²) in [5, 5.41) is 8.76. The number of carbonyl (C=O) groups is 2. The Labute approximate surface area is 115 Å². The molecule has 0 aromatic heterocycles. The van der Waals surface area contributed by atoms with Gasteiger partial charge in [-0.05, 0) is 33.2 Å². The maximum Gasteiger partial charge on any atom is 0.237 e. The summed E-state index contributed by atoms with van der Waals surface area (Å²) in [5.74, 6) is -0.000972. The van der Waals surface area contributed by atoms with Gasteiger partial charge in [0.2, 0.25) is 11.8 Å². The molecule has 1 aliphatic heterocycles. The van der Waals surface area contributed by atoms with Crippen LogP contribution < -0.4 is 16.0 Å². The van der Waals surface area contributed by atoms with E-state index in [4.69, 9.17) is 0 Å². The standard InChI is InChI=1S/C12H23N3O2.ClH/c1-9(2)15-11(16)6-8-14-12(17)10-5-3-4-7-13-10;/h9-10,13H,3-8H2,1-2H3,(H,14,17)(H,15,16);1H/t10-;/m1./s1. The molecule has 0 spiro atoms. The number of piperidine rings is 1. The van der Waals surface area contributed by atoms with Crippen molar-refractivity contribution < 1.29 is 9.59 Å². The Bertz CT molecular complexity index is 266. The van der Waals surface area contributed by atoms with E-state index in [9.17, 15) is 9.59 Å². The lowest BCUT2D eigenvalue weighted by Gasteiger charge is -2.22. The highest BCUT2D eigenvalue weighted by molar-refractivity contribution is 5.85. The molecular weight excluding hydrogens is 254 g/mol. The van der Waals surface area contributed by atoms with Gasteiger partial charge in [-0.25, -0.2) is 0 Å². The maximum atomic E-state index is 11.7. The second-order valence-electron chi connectivity index (χ2n) is 4.77. The molecule has 0 radical (unpaired) electrons. The number of carbonyl (C=O) groups excluding carboxylic acids is 2. The van der Waals surface area contributed by atoms with E-state index in [2.05, 4.69) is 16.0 Å². The number of rotatable bonds is 5. The van der Waals surface area contributed by atoms with Gasteiger partial charge < -0.3 is 16.0 Å². The van der Waals surface area contributed by atoms with Crippen molar-refractivity contribution in [2.24, 2.45) is 0 Å². The number of halogens is 1. The Morgan fingerprint density at radius 3 is 2.61 bits per heavy atom. The summed E-state index contributed by atoms with van der Waals surface area (Å²) in [6, 6.07) is 0.0788. The topological polar surface area (TPSA) is 70.2 Å². The van der Waals surface area contributed by atoms with Gasteiger partial charge in [-0.1, -0.05) is 6.42 Å². The Hall–Kier alpha value is -0.810. The zero-order valence-electron chi connectivity index (χ0n) is 11.1. The van der Waals surface area contributed by atoms with E-state index in [-0.39, 0.29) is 36.3 Å². The third-order valence-electron chi connectivity index (χ3n) is 2.73. The van der Waals surface area contributed by atoms with Crippen molar-refractivity contribution in [1.29, 1.82) is 0 Å². The molecule has 106 valence electrons. The van der Waals surface area contributed by atoms with Crippen LogP contribution in [0.5, 0.6) is 0 Å². The highest BCUT2D eigenvalue weighted by atomic mass is 35.5. The SMILES string of the molecule is CC(C)NC(=O)CCNC(=O)[C@H]1CCCCN1.Cl. The second kappa shape index (κ2) is 9.16. The van der Waals surface area contributed by atoms with Crippen LogP contribution in [0, 0.1) is 0 Å². The van der Waals surface area contributed by atoms with Gasteiger partial charge in [-0.3, -0.25) is 9.59 Å². The fraction of sp³-hybridized carbons (Fsp3) is 0.833. The molecule has 0 aliphatic carbocycles. The minimum absolute atomic E-state index is 0. The number of hydrogen-bond donors (Lipinski definition) is 3. The molecule has 0 unspecified atom stereocenters. The van der Waals surface area contributed by atoms with Crippen LogP contribution in [0.4, 0.5) is 0 Å². The van der Waals surface area contributed by atoms with Crippen LogP contribution in [0.2, 0.25) is 0 Å². The Balaban J connectivity index is 0.00000289. The molecule has 5 nitrogen and oxygen atoms in total. The predicted octanol–water partition coefficient (Wildman–Crippen LogP) is 0.581. The lowest BCUT2D eigenvalue weighted by Crippen LogP contribution is -2.47. The van der Waals surface area contributed by atoms with Gasteiger partial charge in [-0.2, -0.15) is 0 Å². The fourth-order valence-electron chi connectivity index (χ4n) is 1.89. The summed E-state index contributed by atoms with van der Waals surface area (Å²) in [4.78, 5) is 23.0. The molecule has 0 aromatic carbocycles. The molecule has 6 heteroatoms. The summed E-state index contributed by atoms with van der Waals surface area (Å²) in [6.45, 7) is 5.16. The van der Waals surface area contributed by atoms with Crippen molar-refractivity contribution in [1.82, 2.24) is 16.0 Å². The van der Waals surface area contributed by atoms with Crippen molar-refractivity contribution in [2.75, 3.05) is 13.1 Å². The molecular formula is C12H24ClN3O2. The van der Waals surface area contributed by atoms with Crippen molar-refractivity contribution in [3.8, 4) is 0 Å². The number of hydrogen-bond acceptors (Lipinski definition) is 3. The zero-order chi connectivity index (χ0) is 12.7. The molecule has 1 heterocycles. The van der Waals surface area contributed by atoms with E-state index in [1.807, 2.05) is 13.8 Å². The minimum atomic E-state index is -0.0723. The number of amides is 2. The van der Waals surface area contributed by atoms with Crippen molar-refractivity contribution >= 4 is 24.2 Å². The average molecular weight is 278 g/mol. The molecule has 1 aliphatic rings. The van der Waals surface area contributed by atoms with Crippen molar-refractivity contribution in [2.45, 2.75) is 51.6 Å². The van der Waals surface area contributed by atoms with Gasteiger partial charge in [0.15, 0.2) is 0 Å². The van der Waals surface area contributed by atoms with Gasteiger partial charge in [0.25, 0.3) is 0 Å². The molecule has 0 bridgehead atoms. The molecule has 1 atom stereocenters. The van der Waals surface area contributed by atoms with Crippen LogP contribution in [0.15, 0.2) is 0 Å². The van der Waals surface area contributed by atoms with E-state index in [1.54, 1.807) is 0 Å². The summed E-state index contributed by atoms with van der Waals surface area (Å²) < 4.78 is 0. The lowest BCUT2D eigenvalue weighted by atomic mass is 10.0. The number of nitrogens with one attached hydrogen (secondary N) is 3. The Kier molecular flexibility index (Phi) is 8.75. The largest absolute Gasteiger partial charge is 0.354 e. The smallest absolute Gasteiger partial charge is 0.237 e. The van der Waals surface area contributed by atoms with Crippen LogP contribution in [-0.4, -0.2) is 37.0 Å². The van der Waals surface area contributed by atoms with E-state index < -0.39 is 0 Å². The first kappa shape index (κ1) is 17.2. The first-order chi connectivity index (χ1) is 8.09. The summed E-state index contributed by atoms with van der Waals surface area (Å²) in [6.07, 6.45) is 3.47. The van der Waals surface area contributed by atoms with Gasteiger partial charge >= 0.3 is 0 Å². The Morgan fingerprint density at radius 1 is 1.33 bits per heavy atom. The second-order valence-corrected chi connectivity index (χ2v) is 4.77. The first-order valence-corrected chi connectivity index (χ1v) is 6.40. The van der Waals surface area contributed by atoms with E-state index >= 15 is 0 Å². The first-order valence-electron chi connectivity index (χ1n) is 6.40. The van der Waals surface area contributed by atoms with Crippen LogP contribution in [0.3, 0.4) is 0 Å². The van der Waals surface area contributed by atoms with Crippen LogP contribution >= 0.6 is 12.4 Å². The molecule has 2 amide bonds. The maximum absolute atomic E-state index is 11.7. The van der Waals surface area contributed by atoms with E-state index in [0.717, 1.165) is 25.8 Å². The Morgan fingerprint density at radius 2 is 2.06 bits per heavy atom. The fourth-order valence-corrected chi connectivity index (χ4v) is 1.89. The van der Waals surface area contributed by atoms with Crippen molar-refractivity contribution in [3.05, 3.63) is 0 Å². The van der Waals surface area contributed by atoms with Crippen LogP contribution in [0.1, 0.15) is 39.5 Å². The van der Waals surface area contributed by atoms with Gasteiger partial charge in [0, 0.05) is 19.0 Å². The summed E-state index contributed by atoms with van der Waals surface area (Å²) >= 11 is 0. The summed E-state index contributed by atoms with van der Waals surface area (Å²) in [5.41, 5.74) is 0. The van der Waals surface area contributed by atoms with Crippen LogP contribution in [-0.2, 0) is 9.59 Å². The van der Waals surface area contributed by atoms with Gasteiger partial charge in [0.1, 0.15) is 0 Å².